The summed E-state index contributed by atoms with van der Waals surface area (Å²) in [5, 5.41) is 3.25. The van der Waals surface area contributed by atoms with Gasteiger partial charge >= 0.3 is 0 Å². The van der Waals surface area contributed by atoms with Gasteiger partial charge in [-0.25, -0.2) is 4.90 Å². The number of hydrogen-bond donors (Lipinski definition) is 1. The van der Waals surface area contributed by atoms with E-state index in [1.54, 1.807) is 47.4 Å². The minimum atomic E-state index is -0.419. The fourth-order valence-corrected chi connectivity index (χ4v) is 3.78. The van der Waals surface area contributed by atoms with Crippen molar-refractivity contribution in [3.8, 4) is 5.75 Å². The molecule has 0 spiro atoms. The maximum Gasteiger partial charge on any atom is 0.266 e. The molecule has 2 aliphatic rings. The smallest absolute Gasteiger partial charge is 0.266 e. The molecular weight excluding hydrogens is 406 g/mol. The first-order valence-corrected chi connectivity index (χ1v) is 9.78. The molecule has 0 saturated carbocycles. The van der Waals surface area contributed by atoms with Crippen LogP contribution in [0.15, 0.2) is 42.5 Å². The summed E-state index contributed by atoms with van der Waals surface area (Å²) in [5.41, 5.74) is 1.47. The van der Waals surface area contributed by atoms with E-state index in [0.29, 0.717) is 35.7 Å². The molecule has 158 valence electrons. The minimum absolute atomic E-state index is 0. The van der Waals surface area contributed by atoms with Crippen LogP contribution >= 0.6 is 12.4 Å². The molecule has 2 aromatic rings. The predicted octanol–water partition coefficient (Wildman–Crippen LogP) is 2.74. The number of carbonyl (C=O) groups is 3. The van der Waals surface area contributed by atoms with Gasteiger partial charge in [0, 0.05) is 31.2 Å². The van der Waals surface area contributed by atoms with E-state index in [2.05, 4.69) is 5.32 Å². The molecule has 0 bridgehead atoms. The van der Waals surface area contributed by atoms with Gasteiger partial charge < -0.3 is 15.0 Å². The topological polar surface area (TPSA) is 79.0 Å². The van der Waals surface area contributed by atoms with E-state index in [1.165, 1.54) is 0 Å². The van der Waals surface area contributed by atoms with Gasteiger partial charge in [0.05, 0.1) is 23.4 Å². The molecule has 1 fully saturated rings. The largest absolute Gasteiger partial charge is 0.494 e. The molecule has 2 heterocycles. The maximum absolute atomic E-state index is 13.0. The third-order valence-electron chi connectivity index (χ3n) is 5.30. The molecule has 1 N–H and O–H groups in total. The molecular formula is C22H24ClN3O4. The fraction of sp³-hybridized carbons (Fsp3) is 0.318. The van der Waals surface area contributed by atoms with Gasteiger partial charge in [-0.15, -0.1) is 12.4 Å². The number of anilines is 1. The van der Waals surface area contributed by atoms with Crippen molar-refractivity contribution in [2.24, 2.45) is 0 Å². The molecule has 2 aromatic carbocycles. The van der Waals surface area contributed by atoms with Crippen LogP contribution < -0.4 is 15.0 Å². The Morgan fingerprint density at radius 1 is 1.10 bits per heavy atom. The highest BCUT2D eigenvalue weighted by molar-refractivity contribution is 6.34. The third-order valence-corrected chi connectivity index (χ3v) is 5.30. The number of nitrogens with zero attached hydrogens (tertiary/aromatic N) is 2. The van der Waals surface area contributed by atoms with Crippen LogP contribution in [0.2, 0.25) is 0 Å². The van der Waals surface area contributed by atoms with Crippen LogP contribution in [-0.4, -0.2) is 54.9 Å². The van der Waals surface area contributed by atoms with Gasteiger partial charge in [-0.2, -0.15) is 0 Å². The van der Waals surface area contributed by atoms with Crippen molar-refractivity contribution >= 4 is 35.8 Å². The number of amides is 3. The molecule has 1 atom stereocenters. The molecule has 0 radical (unpaired) electrons. The molecule has 8 heteroatoms. The second-order valence-electron chi connectivity index (χ2n) is 7.18. The Morgan fingerprint density at radius 2 is 1.80 bits per heavy atom. The molecule has 0 aromatic heterocycles. The maximum atomic E-state index is 13.0. The third kappa shape index (κ3) is 3.78. The Morgan fingerprint density at radius 3 is 2.47 bits per heavy atom. The van der Waals surface area contributed by atoms with Gasteiger partial charge in [0.25, 0.3) is 17.7 Å². The summed E-state index contributed by atoms with van der Waals surface area (Å²) >= 11 is 0. The first-order chi connectivity index (χ1) is 14.0. The minimum Gasteiger partial charge on any atom is -0.494 e. The summed E-state index contributed by atoms with van der Waals surface area (Å²) in [6.07, 6.45) is 0. The second kappa shape index (κ2) is 8.85. The van der Waals surface area contributed by atoms with E-state index >= 15 is 0 Å². The molecule has 30 heavy (non-hydrogen) atoms. The van der Waals surface area contributed by atoms with Crippen molar-refractivity contribution in [1.82, 2.24) is 10.2 Å². The highest BCUT2D eigenvalue weighted by atomic mass is 35.5. The summed E-state index contributed by atoms with van der Waals surface area (Å²) < 4.78 is 5.41. The van der Waals surface area contributed by atoms with Crippen molar-refractivity contribution in [2.45, 2.75) is 19.9 Å². The monoisotopic (exact) mass is 429 g/mol. The average molecular weight is 430 g/mol. The van der Waals surface area contributed by atoms with Crippen molar-refractivity contribution < 1.29 is 19.1 Å². The van der Waals surface area contributed by atoms with Crippen molar-refractivity contribution in [3.05, 3.63) is 59.2 Å². The SMILES string of the molecule is CCOc1ccc(N2C(=O)c3ccc(C(=O)N4CCNC[C@@H]4C)cc3C2=O)cc1.Cl. The lowest BCUT2D eigenvalue weighted by molar-refractivity contribution is 0.0655. The molecule has 2 aliphatic heterocycles. The number of nitrogens with one attached hydrogen (secondary N) is 1. The van der Waals surface area contributed by atoms with Crippen LogP contribution in [0.3, 0.4) is 0 Å². The number of piperazine rings is 1. The average Bonchev–Trinajstić information content (AvgIpc) is 2.99. The number of benzene rings is 2. The van der Waals surface area contributed by atoms with Gasteiger partial charge in [0.1, 0.15) is 5.75 Å². The summed E-state index contributed by atoms with van der Waals surface area (Å²) in [5.74, 6) is -0.256. The Bertz CT molecular complexity index is 977. The number of carbonyl (C=O) groups excluding carboxylic acids is 3. The lowest BCUT2D eigenvalue weighted by Gasteiger charge is -2.34. The van der Waals surface area contributed by atoms with Gasteiger partial charge in [-0.1, -0.05) is 0 Å². The van der Waals surface area contributed by atoms with Crippen molar-refractivity contribution in [3.63, 3.8) is 0 Å². The lowest BCUT2D eigenvalue weighted by Crippen LogP contribution is -2.52. The molecule has 1 saturated heterocycles. The van der Waals surface area contributed by atoms with Gasteiger partial charge in [0.2, 0.25) is 0 Å². The van der Waals surface area contributed by atoms with Crippen LogP contribution in [-0.2, 0) is 0 Å². The van der Waals surface area contributed by atoms with E-state index in [1.807, 2.05) is 13.8 Å². The highest BCUT2D eigenvalue weighted by Crippen LogP contribution is 2.30. The zero-order valence-corrected chi connectivity index (χ0v) is 17.7. The van der Waals surface area contributed by atoms with Gasteiger partial charge in [-0.05, 0) is 56.3 Å². The first kappa shape index (κ1) is 21.8. The highest BCUT2D eigenvalue weighted by Gasteiger charge is 2.37. The van der Waals surface area contributed by atoms with E-state index in [9.17, 15) is 14.4 Å². The number of fused-ring (bicyclic) bond motifs is 1. The van der Waals surface area contributed by atoms with Crippen LogP contribution in [0.25, 0.3) is 0 Å². The summed E-state index contributed by atoms with van der Waals surface area (Å²) in [6, 6.07) is 11.6. The fourth-order valence-electron chi connectivity index (χ4n) is 3.78. The number of imide groups is 1. The van der Waals surface area contributed by atoms with Crippen molar-refractivity contribution in [1.29, 1.82) is 0 Å². The van der Waals surface area contributed by atoms with Crippen LogP contribution in [0, 0.1) is 0 Å². The second-order valence-corrected chi connectivity index (χ2v) is 7.18. The lowest BCUT2D eigenvalue weighted by atomic mass is 10.0. The quantitative estimate of drug-likeness (QED) is 0.756. The Labute approximate surface area is 181 Å². The van der Waals surface area contributed by atoms with E-state index in [4.69, 9.17) is 4.74 Å². The number of rotatable bonds is 4. The van der Waals surface area contributed by atoms with Gasteiger partial charge in [-0.3, -0.25) is 14.4 Å². The zero-order chi connectivity index (χ0) is 20.5. The molecule has 3 amide bonds. The standard InChI is InChI=1S/C22H23N3O4.ClH/c1-3-29-17-7-5-16(6-8-17)25-21(27)18-9-4-15(12-19(18)22(25)28)20(26)24-11-10-23-13-14(24)2;/h4-9,12,14,23H,3,10-11,13H2,1-2H3;1H/t14-;/m0./s1. The van der Waals surface area contributed by atoms with E-state index in [-0.39, 0.29) is 35.8 Å². The summed E-state index contributed by atoms with van der Waals surface area (Å²) in [7, 11) is 0. The number of hydrogen-bond acceptors (Lipinski definition) is 5. The number of ether oxygens (including phenoxy) is 1. The van der Waals surface area contributed by atoms with E-state index < -0.39 is 5.91 Å². The van der Waals surface area contributed by atoms with Crippen LogP contribution in [0.5, 0.6) is 5.75 Å². The predicted molar refractivity (Wildman–Crippen MR) is 116 cm³/mol. The van der Waals surface area contributed by atoms with E-state index in [0.717, 1.165) is 18.0 Å². The van der Waals surface area contributed by atoms with Gasteiger partial charge in [0.15, 0.2) is 0 Å². The number of halogens is 1. The van der Waals surface area contributed by atoms with Crippen LogP contribution in [0.4, 0.5) is 5.69 Å². The summed E-state index contributed by atoms with van der Waals surface area (Å²) in [4.78, 5) is 41.7. The summed E-state index contributed by atoms with van der Waals surface area (Å²) in [6.45, 7) is 6.50. The zero-order valence-electron chi connectivity index (χ0n) is 16.9. The first-order valence-electron chi connectivity index (χ1n) is 9.78. The Hall–Kier alpha value is -2.90. The Balaban J connectivity index is 0.00000256. The van der Waals surface area contributed by atoms with Crippen LogP contribution in [0.1, 0.15) is 44.9 Å². The molecule has 0 aliphatic carbocycles. The van der Waals surface area contributed by atoms with Crippen molar-refractivity contribution in [2.75, 3.05) is 31.1 Å². The molecule has 4 rings (SSSR count). The normalized spacial score (nSPS) is 18.1. The Kier molecular flexibility index (Phi) is 6.43. The molecule has 7 nitrogen and oxygen atoms in total. The molecule has 0 unspecified atom stereocenters.